The van der Waals surface area contributed by atoms with Crippen LogP contribution in [0.5, 0.6) is 0 Å². The van der Waals surface area contributed by atoms with E-state index in [-0.39, 0.29) is 0 Å². The monoisotopic (exact) mass is 196 g/mol. The van der Waals surface area contributed by atoms with Gasteiger partial charge in [-0.05, 0) is 5.92 Å². The topological polar surface area (TPSA) is 0 Å². The third-order valence-electron chi connectivity index (χ3n) is 1.73. The quantitative estimate of drug-likeness (QED) is 0.414. The minimum absolute atomic E-state index is 0.847. The van der Waals surface area contributed by atoms with Crippen molar-refractivity contribution < 1.29 is 17.3 Å². The van der Waals surface area contributed by atoms with Crippen molar-refractivity contribution in [2.75, 3.05) is 0 Å². The molecule has 0 amide bonds. The molecule has 0 heterocycles. The molecule has 2 heteroatoms. The van der Waals surface area contributed by atoms with Gasteiger partial charge in [0.2, 0.25) is 0 Å². The molecule has 0 aromatic carbocycles. The van der Waals surface area contributed by atoms with E-state index < -0.39 is 0 Å². The zero-order valence-corrected chi connectivity index (χ0v) is 9.79. The Balaban J connectivity index is 0.000000291. The molecule has 0 N–H and O–H groups in total. The molecule has 1 aliphatic carbocycles. The van der Waals surface area contributed by atoms with Gasteiger partial charge in [-0.25, -0.2) is 0 Å². The Hall–Kier alpha value is 0.913. The average Bonchev–Trinajstić information content (AvgIpc) is 1.94. The Kier molecular flexibility index (Phi) is 7.74. The van der Waals surface area contributed by atoms with Gasteiger partial charge in [-0.1, -0.05) is 19.8 Å². The Morgan fingerprint density at radius 3 is 2.00 bits per heavy atom. The molecule has 0 aromatic heterocycles. The van der Waals surface area contributed by atoms with Gasteiger partial charge in [0, 0.05) is 0 Å². The molecule has 0 atom stereocenters. The van der Waals surface area contributed by atoms with E-state index in [1.807, 2.05) is 0 Å². The Bertz CT molecular complexity index is 50.9. The van der Waals surface area contributed by atoms with Crippen molar-refractivity contribution in [2.24, 2.45) is 5.92 Å². The van der Waals surface area contributed by atoms with Gasteiger partial charge in [-0.2, -0.15) is 12.8 Å². The van der Waals surface area contributed by atoms with E-state index in [1.54, 1.807) is 0 Å². The van der Waals surface area contributed by atoms with E-state index in [1.165, 1.54) is 25.7 Å². The number of hydrogen-bond donors (Lipinski definition) is 0. The fraction of sp³-hybridized carbons (Fsp3) is 0.857. The van der Waals surface area contributed by atoms with Crippen LogP contribution in [0.2, 0.25) is 0 Å². The molecule has 0 radical (unpaired) electrons. The zero-order valence-electron chi connectivity index (χ0n) is 6.07. The third-order valence-corrected chi connectivity index (χ3v) is 1.73. The summed E-state index contributed by atoms with van der Waals surface area (Å²) in [5, 5.41) is 0. The van der Waals surface area contributed by atoms with E-state index in [9.17, 15) is 0 Å². The molecule has 0 spiro atoms. The second-order valence-corrected chi connectivity index (χ2v) is 2.55. The molecule has 9 heavy (non-hydrogen) atoms. The predicted molar refractivity (Wildman–Crippen MR) is 37.8 cm³/mol. The first kappa shape index (κ1) is 9.91. The van der Waals surface area contributed by atoms with Crippen LogP contribution in [0.15, 0.2) is 0 Å². The summed E-state index contributed by atoms with van der Waals surface area (Å²) in [6.07, 6.45) is 7.99. The first-order valence-corrected chi connectivity index (χ1v) is 7.38. The first-order valence-electron chi connectivity index (χ1n) is 3.48. The molecular weight excluding hydrogens is 185 g/mol. The molecule has 0 saturated heterocycles. The van der Waals surface area contributed by atoms with Crippen LogP contribution in [-0.4, -0.2) is 0 Å². The van der Waals surface area contributed by atoms with Crippen LogP contribution in [0.4, 0.5) is 0 Å². The van der Waals surface area contributed by atoms with Crippen LogP contribution in [0.3, 0.4) is 0 Å². The van der Waals surface area contributed by atoms with Crippen molar-refractivity contribution >= 4 is 9.69 Å². The SMILES string of the molecule is CC1CC[CH-]CC1.[Cl][Zn+]. The van der Waals surface area contributed by atoms with Crippen molar-refractivity contribution in [3.63, 3.8) is 0 Å². The summed E-state index contributed by atoms with van der Waals surface area (Å²) in [5.74, 6) is 1.00. The van der Waals surface area contributed by atoms with Crippen LogP contribution < -0.4 is 0 Å². The van der Waals surface area contributed by atoms with E-state index in [0.29, 0.717) is 0 Å². The maximum absolute atomic E-state index is 4.76. The van der Waals surface area contributed by atoms with Crippen molar-refractivity contribution in [3.8, 4) is 0 Å². The van der Waals surface area contributed by atoms with Gasteiger partial charge in [0.15, 0.2) is 0 Å². The molecule has 0 unspecified atom stereocenters. The number of halogens is 1. The fourth-order valence-electron chi connectivity index (χ4n) is 1.09. The summed E-state index contributed by atoms with van der Waals surface area (Å²) in [4.78, 5) is 0. The van der Waals surface area contributed by atoms with Crippen LogP contribution in [0, 0.1) is 12.3 Å². The second kappa shape index (κ2) is 7.03. The summed E-state index contributed by atoms with van der Waals surface area (Å²) in [6, 6.07) is 0. The second-order valence-electron chi connectivity index (χ2n) is 2.55. The first-order chi connectivity index (χ1) is 4.39. The average molecular weight is 198 g/mol. The summed E-state index contributed by atoms with van der Waals surface area (Å²) in [5.41, 5.74) is 0. The molecule has 1 saturated carbocycles. The molecule has 0 aliphatic heterocycles. The summed E-state index contributed by atoms with van der Waals surface area (Å²) < 4.78 is 0. The van der Waals surface area contributed by atoms with E-state index in [0.717, 1.165) is 23.2 Å². The predicted octanol–water partition coefficient (Wildman–Crippen LogP) is 3.09. The van der Waals surface area contributed by atoms with Gasteiger partial charge >= 0.3 is 27.0 Å². The van der Waals surface area contributed by atoms with E-state index in [2.05, 4.69) is 13.3 Å². The van der Waals surface area contributed by atoms with Crippen LogP contribution in [-0.2, 0) is 17.3 Å². The third kappa shape index (κ3) is 5.36. The van der Waals surface area contributed by atoms with Crippen LogP contribution >= 0.6 is 9.69 Å². The molecule has 1 rings (SSSR count). The fourth-order valence-corrected chi connectivity index (χ4v) is 1.09. The van der Waals surface area contributed by atoms with Crippen molar-refractivity contribution in [1.82, 2.24) is 0 Å². The standard InChI is InChI=1S/C7H13.ClH.Zn/c1-7-5-3-2-4-6-7;;/h2,7H,3-6H2,1H3;1H;/q-1;;+2/p-1. The minimum atomic E-state index is 0.847. The summed E-state index contributed by atoms with van der Waals surface area (Å²) >= 11 is 0.847. The van der Waals surface area contributed by atoms with Gasteiger partial charge in [-0.15, -0.1) is 0 Å². The maximum atomic E-state index is 4.76. The summed E-state index contributed by atoms with van der Waals surface area (Å²) in [6.45, 7) is 2.34. The van der Waals surface area contributed by atoms with Crippen LogP contribution in [0.1, 0.15) is 32.6 Å². The van der Waals surface area contributed by atoms with Gasteiger partial charge in [-0.3, -0.25) is 0 Å². The molecule has 50 valence electrons. The van der Waals surface area contributed by atoms with Gasteiger partial charge in [0.25, 0.3) is 0 Å². The van der Waals surface area contributed by atoms with E-state index in [4.69, 9.17) is 9.69 Å². The van der Waals surface area contributed by atoms with Gasteiger partial charge in [0.05, 0.1) is 0 Å². The number of hydrogen-bond acceptors (Lipinski definition) is 0. The van der Waals surface area contributed by atoms with Gasteiger partial charge < -0.3 is 6.42 Å². The molecule has 0 bridgehead atoms. The van der Waals surface area contributed by atoms with Gasteiger partial charge in [0.1, 0.15) is 0 Å². The molecular formula is C7H13ClZn. The zero-order chi connectivity index (χ0) is 7.11. The molecule has 1 fully saturated rings. The van der Waals surface area contributed by atoms with Crippen molar-refractivity contribution in [3.05, 3.63) is 6.42 Å². The Labute approximate surface area is 72.1 Å². The van der Waals surface area contributed by atoms with Crippen molar-refractivity contribution in [2.45, 2.75) is 32.6 Å². The Morgan fingerprint density at radius 2 is 1.78 bits per heavy atom. The van der Waals surface area contributed by atoms with Crippen LogP contribution in [0.25, 0.3) is 0 Å². The van der Waals surface area contributed by atoms with Crippen molar-refractivity contribution in [1.29, 1.82) is 0 Å². The molecule has 1 aliphatic rings. The Morgan fingerprint density at radius 1 is 1.33 bits per heavy atom. The molecule has 0 nitrogen and oxygen atoms in total. The van der Waals surface area contributed by atoms with E-state index >= 15 is 0 Å². The number of rotatable bonds is 0. The normalized spacial score (nSPS) is 20.4. The summed E-state index contributed by atoms with van der Waals surface area (Å²) in [7, 11) is 4.76. The molecule has 0 aromatic rings.